The number of halogens is 3. The Morgan fingerprint density at radius 3 is 2.17 bits per heavy atom. The van der Waals surface area contributed by atoms with Crippen molar-refractivity contribution in [2.75, 3.05) is 10.6 Å². The zero-order chi connectivity index (χ0) is 17.9. The second-order valence-electron chi connectivity index (χ2n) is 5.14. The van der Waals surface area contributed by atoms with Crippen molar-refractivity contribution in [3.63, 3.8) is 0 Å². The maximum absolute atomic E-state index is 12.4. The van der Waals surface area contributed by atoms with Gasteiger partial charge in [0.05, 0.1) is 23.8 Å². The SMILES string of the molecule is CC(C)n1cc(NC(=O)C(=O)Nc2ccc(C(F)(F)F)nc2)cn1. The Hall–Kier alpha value is -2.91. The first-order valence-electron chi connectivity index (χ1n) is 6.86. The van der Waals surface area contributed by atoms with Crippen molar-refractivity contribution in [1.29, 1.82) is 0 Å². The molecule has 0 aliphatic rings. The molecule has 2 amide bonds. The minimum Gasteiger partial charge on any atom is -0.316 e. The summed E-state index contributed by atoms with van der Waals surface area (Å²) in [6.07, 6.45) is -0.818. The highest BCUT2D eigenvalue weighted by atomic mass is 19.4. The summed E-state index contributed by atoms with van der Waals surface area (Å²) >= 11 is 0. The van der Waals surface area contributed by atoms with Crippen LogP contribution in [0.1, 0.15) is 25.6 Å². The van der Waals surface area contributed by atoms with Crippen molar-refractivity contribution < 1.29 is 22.8 Å². The maximum atomic E-state index is 12.4. The van der Waals surface area contributed by atoms with Crippen LogP contribution in [0.2, 0.25) is 0 Å². The molecule has 0 saturated heterocycles. The highest BCUT2D eigenvalue weighted by Crippen LogP contribution is 2.27. The largest absolute Gasteiger partial charge is 0.433 e. The Morgan fingerprint density at radius 1 is 1.08 bits per heavy atom. The summed E-state index contributed by atoms with van der Waals surface area (Å²) in [5.41, 5.74) is -0.790. The Kier molecular flexibility index (Phi) is 4.86. The summed E-state index contributed by atoms with van der Waals surface area (Å²) in [6.45, 7) is 3.78. The molecular weight excluding hydrogens is 327 g/mol. The number of nitrogens with one attached hydrogen (secondary N) is 2. The van der Waals surface area contributed by atoms with Gasteiger partial charge in [0, 0.05) is 12.2 Å². The van der Waals surface area contributed by atoms with Gasteiger partial charge in [0.2, 0.25) is 0 Å². The van der Waals surface area contributed by atoms with Crippen LogP contribution >= 0.6 is 0 Å². The van der Waals surface area contributed by atoms with Crippen LogP contribution in [0.25, 0.3) is 0 Å². The molecule has 0 aliphatic heterocycles. The number of rotatable bonds is 3. The number of nitrogens with zero attached hydrogens (tertiary/aromatic N) is 3. The molecule has 2 aromatic rings. The number of aromatic nitrogens is 3. The number of pyridine rings is 1. The van der Waals surface area contributed by atoms with Crippen LogP contribution in [0.15, 0.2) is 30.7 Å². The number of hydrogen-bond acceptors (Lipinski definition) is 4. The molecule has 24 heavy (non-hydrogen) atoms. The van der Waals surface area contributed by atoms with Crippen molar-refractivity contribution >= 4 is 23.2 Å². The van der Waals surface area contributed by atoms with E-state index in [9.17, 15) is 22.8 Å². The Labute approximate surface area is 134 Å². The van der Waals surface area contributed by atoms with Crippen LogP contribution in [0.5, 0.6) is 0 Å². The van der Waals surface area contributed by atoms with E-state index in [1.165, 1.54) is 6.20 Å². The second-order valence-corrected chi connectivity index (χ2v) is 5.14. The molecule has 0 bridgehead atoms. The number of anilines is 2. The molecule has 2 aromatic heterocycles. The molecule has 0 atom stereocenters. The number of carbonyl (C=O) groups excluding carboxylic acids is 2. The molecule has 128 valence electrons. The van der Waals surface area contributed by atoms with E-state index in [2.05, 4.69) is 20.7 Å². The molecule has 0 unspecified atom stereocenters. The average molecular weight is 341 g/mol. The van der Waals surface area contributed by atoms with E-state index >= 15 is 0 Å². The zero-order valence-electron chi connectivity index (χ0n) is 12.8. The van der Waals surface area contributed by atoms with Gasteiger partial charge in [0.1, 0.15) is 5.69 Å². The third-order valence-corrected chi connectivity index (χ3v) is 2.91. The Bertz CT molecular complexity index is 738. The van der Waals surface area contributed by atoms with Crippen molar-refractivity contribution in [3.05, 3.63) is 36.4 Å². The quantitative estimate of drug-likeness (QED) is 0.839. The first kappa shape index (κ1) is 17.4. The average Bonchev–Trinajstić information content (AvgIpc) is 2.95. The lowest BCUT2D eigenvalue weighted by Gasteiger charge is -2.08. The molecule has 0 spiro atoms. The lowest BCUT2D eigenvalue weighted by Crippen LogP contribution is -2.29. The van der Waals surface area contributed by atoms with Gasteiger partial charge in [-0.05, 0) is 26.0 Å². The summed E-state index contributed by atoms with van der Waals surface area (Å²) < 4.78 is 38.8. The van der Waals surface area contributed by atoms with Gasteiger partial charge in [-0.2, -0.15) is 18.3 Å². The van der Waals surface area contributed by atoms with E-state index in [-0.39, 0.29) is 11.7 Å². The van der Waals surface area contributed by atoms with E-state index in [1.807, 2.05) is 13.8 Å². The maximum Gasteiger partial charge on any atom is 0.433 e. The minimum absolute atomic E-state index is 0.0268. The summed E-state index contributed by atoms with van der Waals surface area (Å²) in [5, 5.41) is 8.50. The normalized spacial score (nSPS) is 11.4. The van der Waals surface area contributed by atoms with Gasteiger partial charge in [-0.15, -0.1) is 0 Å². The van der Waals surface area contributed by atoms with E-state index in [1.54, 1.807) is 10.9 Å². The van der Waals surface area contributed by atoms with Gasteiger partial charge in [-0.1, -0.05) is 0 Å². The van der Waals surface area contributed by atoms with Crippen molar-refractivity contribution in [3.8, 4) is 0 Å². The van der Waals surface area contributed by atoms with Gasteiger partial charge in [-0.25, -0.2) is 4.98 Å². The number of amides is 2. The van der Waals surface area contributed by atoms with Crippen LogP contribution < -0.4 is 10.6 Å². The fourth-order valence-electron chi connectivity index (χ4n) is 1.70. The van der Waals surface area contributed by atoms with Crippen LogP contribution in [0, 0.1) is 0 Å². The summed E-state index contributed by atoms with van der Waals surface area (Å²) in [5.74, 6) is -2.01. The number of carbonyl (C=O) groups is 2. The molecular formula is C14H14F3N5O2. The van der Waals surface area contributed by atoms with E-state index < -0.39 is 23.7 Å². The molecule has 0 saturated carbocycles. The molecule has 2 N–H and O–H groups in total. The van der Waals surface area contributed by atoms with Gasteiger partial charge in [-0.3, -0.25) is 14.3 Å². The van der Waals surface area contributed by atoms with E-state index in [0.717, 1.165) is 12.3 Å². The van der Waals surface area contributed by atoms with Crippen LogP contribution in [0.3, 0.4) is 0 Å². The molecule has 7 nitrogen and oxygen atoms in total. The lowest BCUT2D eigenvalue weighted by molar-refractivity contribution is -0.141. The van der Waals surface area contributed by atoms with Crippen molar-refractivity contribution in [2.24, 2.45) is 0 Å². The van der Waals surface area contributed by atoms with Gasteiger partial charge in [0.25, 0.3) is 0 Å². The van der Waals surface area contributed by atoms with Crippen LogP contribution in [-0.4, -0.2) is 26.6 Å². The fourth-order valence-corrected chi connectivity index (χ4v) is 1.70. The Morgan fingerprint density at radius 2 is 1.71 bits per heavy atom. The fraction of sp³-hybridized carbons (Fsp3) is 0.286. The summed E-state index contributed by atoms with van der Waals surface area (Å²) in [4.78, 5) is 26.7. The molecule has 0 aliphatic carbocycles. The molecule has 0 aromatic carbocycles. The molecule has 10 heteroatoms. The highest BCUT2D eigenvalue weighted by Gasteiger charge is 2.32. The molecule has 2 rings (SSSR count). The molecule has 2 heterocycles. The van der Waals surface area contributed by atoms with Gasteiger partial charge >= 0.3 is 18.0 Å². The smallest absolute Gasteiger partial charge is 0.316 e. The first-order valence-corrected chi connectivity index (χ1v) is 6.86. The predicted octanol–water partition coefficient (Wildman–Crippen LogP) is 2.46. The van der Waals surface area contributed by atoms with E-state index in [4.69, 9.17) is 0 Å². The molecule has 0 radical (unpaired) electrons. The zero-order valence-corrected chi connectivity index (χ0v) is 12.8. The lowest BCUT2D eigenvalue weighted by atomic mass is 10.3. The third-order valence-electron chi connectivity index (χ3n) is 2.91. The monoisotopic (exact) mass is 341 g/mol. The standard InChI is InChI=1S/C14H14F3N5O2/c1-8(2)22-7-10(6-19-22)21-13(24)12(23)20-9-3-4-11(18-5-9)14(15,16)17/h3-8H,1-2H3,(H,20,23)(H,21,24). The summed E-state index contributed by atoms with van der Waals surface area (Å²) in [6, 6.07) is 1.81. The van der Waals surface area contributed by atoms with E-state index in [0.29, 0.717) is 11.8 Å². The minimum atomic E-state index is -4.57. The van der Waals surface area contributed by atoms with Crippen molar-refractivity contribution in [1.82, 2.24) is 14.8 Å². The Balaban J connectivity index is 1.97. The van der Waals surface area contributed by atoms with Gasteiger partial charge < -0.3 is 10.6 Å². The van der Waals surface area contributed by atoms with Gasteiger partial charge in [0.15, 0.2) is 0 Å². The molecule has 0 fully saturated rings. The third kappa shape index (κ3) is 4.31. The highest BCUT2D eigenvalue weighted by molar-refractivity contribution is 6.43. The topological polar surface area (TPSA) is 88.9 Å². The van der Waals surface area contributed by atoms with Crippen LogP contribution in [0.4, 0.5) is 24.5 Å². The number of alkyl halides is 3. The van der Waals surface area contributed by atoms with Crippen molar-refractivity contribution in [2.45, 2.75) is 26.1 Å². The number of hydrogen-bond donors (Lipinski definition) is 2. The predicted molar refractivity (Wildman–Crippen MR) is 79.1 cm³/mol. The second kappa shape index (κ2) is 6.69. The summed E-state index contributed by atoms with van der Waals surface area (Å²) in [7, 11) is 0. The first-order chi connectivity index (χ1) is 11.2. The van der Waals surface area contributed by atoms with Crippen LogP contribution in [-0.2, 0) is 15.8 Å².